The molecule has 2 aromatic carbocycles. The third-order valence-corrected chi connectivity index (χ3v) is 3.24. The minimum absolute atomic E-state index is 0.447. The highest BCUT2D eigenvalue weighted by atomic mass is 79.9. The molecule has 0 atom stereocenters. The first-order valence-electron chi connectivity index (χ1n) is 5.42. The van der Waals surface area contributed by atoms with Crippen LogP contribution in [0.4, 0.5) is 0 Å². The zero-order valence-electron chi connectivity index (χ0n) is 9.61. The second-order valence-electron chi connectivity index (χ2n) is 3.84. The van der Waals surface area contributed by atoms with Gasteiger partial charge < -0.3 is 10.5 Å². The normalized spacial score (nSPS) is 10.3. The average Bonchev–Trinajstić information content (AvgIpc) is 2.29. The predicted molar refractivity (Wildman–Crippen MR) is 73.3 cm³/mol. The van der Waals surface area contributed by atoms with Crippen molar-refractivity contribution in [3.8, 4) is 11.5 Å². The predicted octanol–water partition coefficient (Wildman–Crippen LogP) is 4.01. The number of hydrogen-bond acceptors (Lipinski definition) is 2. The highest BCUT2D eigenvalue weighted by Crippen LogP contribution is 2.30. The minimum Gasteiger partial charge on any atom is -0.457 e. The molecule has 3 heteroatoms. The van der Waals surface area contributed by atoms with E-state index in [0.29, 0.717) is 6.54 Å². The van der Waals surface area contributed by atoms with E-state index in [4.69, 9.17) is 10.5 Å². The van der Waals surface area contributed by atoms with Gasteiger partial charge in [0.15, 0.2) is 0 Å². The lowest BCUT2D eigenvalue weighted by atomic mass is 10.2. The molecule has 2 rings (SSSR count). The Bertz CT molecular complexity index is 525. The Labute approximate surface area is 110 Å². The number of halogens is 1. The van der Waals surface area contributed by atoms with Crippen molar-refractivity contribution in [2.24, 2.45) is 5.73 Å². The monoisotopic (exact) mass is 291 g/mol. The third-order valence-electron chi connectivity index (χ3n) is 2.50. The van der Waals surface area contributed by atoms with E-state index in [1.165, 1.54) is 5.56 Å². The van der Waals surface area contributed by atoms with Gasteiger partial charge in [0.25, 0.3) is 0 Å². The quantitative estimate of drug-likeness (QED) is 0.927. The van der Waals surface area contributed by atoms with Crippen LogP contribution in [-0.2, 0) is 6.54 Å². The van der Waals surface area contributed by atoms with Gasteiger partial charge in [-0.3, -0.25) is 0 Å². The smallest absolute Gasteiger partial charge is 0.133 e. The molecule has 2 nitrogen and oxygen atoms in total. The molecule has 0 aliphatic carbocycles. The van der Waals surface area contributed by atoms with Crippen molar-refractivity contribution in [3.63, 3.8) is 0 Å². The molecule has 2 aromatic rings. The Morgan fingerprint density at radius 2 is 1.94 bits per heavy atom. The molecular weight excluding hydrogens is 278 g/mol. The summed E-state index contributed by atoms with van der Waals surface area (Å²) in [6.45, 7) is 2.49. The van der Waals surface area contributed by atoms with Gasteiger partial charge in [0.2, 0.25) is 0 Å². The van der Waals surface area contributed by atoms with Gasteiger partial charge in [0.1, 0.15) is 11.5 Å². The number of rotatable bonds is 3. The molecule has 0 unspecified atom stereocenters. The average molecular weight is 292 g/mol. The third kappa shape index (κ3) is 2.87. The lowest BCUT2D eigenvalue weighted by Crippen LogP contribution is -2.00. The summed E-state index contributed by atoms with van der Waals surface area (Å²) < 4.78 is 6.83. The fraction of sp³-hybridized carbons (Fsp3) is 0.143. The topological polar surface area (TPSA) is 35.2 Å². The van der Waals surface area contributed by atoms with Gasteiger partial charge in [-0.05, 0) is 36.8 Å². The molecule has 0 aromatic heterocycles. The molecule has 0 bridgehead atoms. The van der Waals surface area contributed by atoms with Crippen molar-refractivity contribution < 1.29 is 4.74 Å². The zero-order chi connectivity index (χ0) is 12.3. The Balaban J connectivity index is 2.33. The summed E-state index contributed by atoms with van der Waals surface area (Å²) in [7, 11) is 0. The lowest BCUT2D eigenvalue weighted by molar-refractivity contribution is 0.475. The molecule has 0 saturated heterocycles. The van der Waals surface area contributed by atoms with Gasteiger partial charge in [0.05, 0.1) is 0 Å². The summed E-state index contributed by atoms with van der Waals surface area (Å²) in [5.41, 5.74) is 7.88. The van der Waals surface area contributed by atoms with Gasteiger partial charge in [-0.15, -0.1) is 0 Å². The molecule has 0 radical (unpaired) electrons. The van der Waals surface area contributed by atoms with E-state index < -0.39 is 0 Å². The van der Waals surface area contributed by atoms with Crippen LogP contribution >= 0.6 is 15.9 Å². The number of nitrogens with two attached hydrogens (primary N) is 1. The fourth-order valence-electron chi connectivity index (χ4n) is 1.64. The van der Waals surface area contributed by atoms with Gasteiger partial charge >= 0.3 is 0 Å². The van der Waals surface area contributed by atoms with Crippen LogP contribution in [0.5, 0.6) is 11.5 Å². The highest BCUT2D eigenvalue weighted by Gasteiger charge is 2.07. The van der Waals surface area contributed by atoms with E-state index in [9.17, 15) is 0 Å². The number of ether oxygens (including phenoxy) is 1. The van der Waals surface area contributed by atoms with Gasteiger partial charge in [0, 0.05) is 16.6 Å². The van der Waals surface area contributed by atoms with Crippen LogP contribution in [0.2, 0.25) is 0 Å². The van der Waals surface area contributed by atoms with E-state index >= 15 is 0 Å². The van der Waals surface area contributed by atoms with Crippen LogP contribution in [0, 0.1) is 6.92 Å². The van der Waals surface area contributed by atoms with Crippen LogP contribution in [-0.4, -0.2) is 0 Å². The Kier molecular flexibility index (Phi) is 3.82. The van der Waals surface area contributed by atoms with Crippen LogP contribution in [0.15, 0.2) is 46.9 Å². The van der Waals surface area contributed by atoms with Crippen LogP contribution in [0.25, 0.3) is 0 Å². The second kappa shape index (κ2) is 5.34. The van der Waals surface area contributed by atoms with Crippen molar-refractivity contribution in [3.05, 3.63) is 58.1 Å². The number of hydrogen-bond donors (Lipinski definition) is 1. The van der Waals surface area contributed by atoms with E-state index in [1.807, 2.05) is 49.4 Å². The van der Waals surface area contributed by atoms with Crippen molar-refractivity contribution in [2.75, 3.05) is 0 Å². The van der Waals surface area contributed by atoms with E-state index in [0.717, 1.165) is 21.5 Å². The Morgan fingerprint density at radius 1 is 1.18 bits per heavy atom. The first kappa shape index (κ1) is 12.1. The molecule has 0 aliphatic heterocycles. The summed E-state index contributed by atoms with van der Waals surface area (Å²) in [5.74, 6) is 1.63. The maximum Gasteiger partial charge on any atom is 0.133 e. The van der Waals surface area contributed by atoms with Crippen molar-refractivity contribution in [1.82, 2.24) is 0 Å². The first-order valence-corrected chi connectivity index (χ1v) is 6.22. The Hall–Kier alpha value is -1.32. The summed E-state index contributed by atoms with van der Waals surface area (Å²) in [4.78, 5) is 0. The van der Waals surface area contributed by atoms with Crippen LogP contribution in [0.1, 0.15) is 11.1 Å². The molecule has 0 saturated carbocycles. The first-order chi connectivity index (χ1) is 8.20. The van der Waals surface area contributed by atoms with Crippen molar-refractivity contribution in [2.45, 2.75) is 13.5 Å². The SMILES string of the molecule is Cc1cccc(Oc2cccc(Br)c2CN)c1. The van der Waals surface area contributed by atoms with Crippen LogP contribution in [0.3, 0.4) is 0 Å². The van der Waals surface area contributed by atoms with Gasteiger partial charge in [-0.25, -0.2) is 0 Å². The number of aryl methyl sites for hydroxylation is 1. The van der Waals surface area contributed by atoms with E-state index in [-0.39, 0.29) is 0 Å². The van der Waals surface area contributed by atoms with Crippen LogP contribution < -0.4 is 10.5 Å². The summed E-state index contributed by atoms with van der Waals surface area (Å²) in [6.07, 6.45) is 0. The summed E-state index contributed by atoms with van der Waals surface area (Å²) >= 11 is 3.48. The molecule has 0 spiro atoms. The van der Waals surface area contributed by atoms with Crippen molar-refractivity contribution >= 4 is 15.9 Å². The summed E-state index contributed by atoms with van der Waals surface area (Å²) in [6, 6.07) is 13.8. The standard InChI is InChI=1S/C14H14BrNO/c1-10-4-2-5-11(8-10)17-14-7-3-6-13(15)12(14)9-16/h2-8H,9,16H2,1H3. The molecule has 0 fully saturated rings. The highest BCUT2D eigenvalue weighted by molar-refractivity contribution is 9.10. The van der Waals surface area contributed by atoms with Crippen molar-refractivity contribution in [1.29, 1.82) is 0 Å². The lowest BCUT2D eigenvalue weighted by Gasteiger charge is -2.11. The maximum atomic E-state index is 5.85. The molecule has 17 heavy (non-hydrogen) atoms. The summed E-state index contributed by atoms with van der Waals surface area (Å²) in [5, 5.41) is 0. The maximum absolute atomic E-state index is 5.85. The van der Waals surface area contributed by atoms with Gasteiger partial charge in [-0.2, -0.15) is 0 Å². The fourth-order valence-corrected chi connectivity index (χ4v) is 2.15. The second-order valence-corrected chi connectivity index (χ2v) is 4.69. The minimum atomic E-state index is 0.447. The van der Waals surface area contributed by atoms with Gasteiger partial charge in [-0.1, -0.05) is 34.1 Å². The largest absolute Gasteiger partial charge is 0.457 e. The molecule has 0 amide bonds. The van der Waals surface area contributed by atoms with E-state index in [2.05, 4.69) is 15.9 Å². The zero-order valence-corrected chi connectivity index (χ0v) is 11.2. The molecule has 0 aliphatic rings. The Morgan fingerprint density at radius 3 is 2.65 bits per heavy atom. The molecule has 2 N–H and O–H groups in total. The molecule has 88 valence electrons. The molecular formula is C14H14BrNO. The number of benzene rings is 2. The van der Waals surface area contributed by atoms with E-state index in [1.54, 1.807) is 0 Å². The molecule has 0 heterocycles.